The van der Waals surface area contributed by atoms with Crippen LogP contribution < -0.4 is 20.4 Å². The second-order valence-corrected chi connectivity index (χ2v) is 8.27. The first-order chi connectivity index (χ1) is 16.7. The van der Waals surface area contributed by atoms with Gasteiger partial charge in [0.15, 0.2) is 0 Å². The Bertz CT molecular complexity index is 1490. The number of phosphoric acid groups is 1. The van der Waals surface area contributed by atoms with Crippen LogP contribution in [0.3, 0.4) is 0 Å². The van der Waals surface area contributed by atoms with Gasteiger partial charge in [0.25, 0.3) is 0 Å². The van der Waals surface area contributed by atoms with Crippen molar-refractivity contribution >= 4 is 35.8 Å². The molecule has 3 N–H and O–H groups in total. The molecule has 7 nitrogen and oxygen atoms in total. The van der Waals surface area contributed by atoms with Crippen molar-refractivity contribution in [3.63, 3.8) is 0 Å². The molecular weight excluding hydrogens is 465 g/mol. The Hall–Kier alpha value is -4.00. The second kappa shape index (κ2) is 11.4. The Labute approximate surface area is 202 Å². The van der Waals surface area contributed by atoms with Crippen LogP contribution in [0, 0.1) is 0 Å². The van der Waals surface area contributed by atoms with Crippen molar-refractivity contribution in [2.45, 2.75) is 0 Å². The molecule has 0 atom stereocenters. The number of amides is 1. The normalized spacial score (nSPS) is 10.6. The number of phenols is 1. The first-order valence-corrected chi connectivity index (χ1v) is 11.9. The summed E-state index contributed by atoms with van der Waals surface area (Å²) < 4.78 is 8.55. The van der Waals surface area contributed by atoms with E-state index in [4.69, 9.17) is 24.0 Å². The van der Waals surface area contributed by atoms with Crippen LogP contribution in [-0.4, -0.2) is 11.5 Å². The third-order valence-electron chi connectivity index (χ3n) is 5.14. The molecule has 0 saturated carbocycles. The summed E-state index contributed by atoms with van der Waals surface area (Å²) in [6.45, 7) is 0. The average Bonchev–Trinajstić information content (AvgIpc) is 2.82. The van der Waals surface area contributed by atoms with E-state index >= 15 is 0 Å². The minimum atomic E-state index is -5.39. The Kier molecular flexibility index (Phi) is 8.36. The fourth-order valence-electron chi connectivity index (χ4n) is 3.87. The maximum atomic E-state index is 10.8. The van der Waals surface area contributed by atoms with Gasteiger partial charge in [0, 0.05) is 5.56 Å². The minimum absolute atomic E-state index is 0.250. The molecule has 8 heteroatoms. The van der Waals surface area contributed by atoms with Crippen LogP contribution in [0.2, 0.25) is 0 Å². The number of rotatable bonds is 2. The monoisotopic (exact) mass is 486 g/mol. The van der Waals surface area contributed by atoms with Gasteiger partial charge < -0.3 is 30.1 Å². The summed E-state index contributed by atoms with van der Waals surface area (Å²) in [6, 6.07) is 35.1. The van der Waals surface area contributed by atoms with Crippen LogP contribution >= 0.6 is 7.82 Å². The predicted octanol–water partition coefficient (Wildman–Crippen LogP) is 3.31. The number of nitrogens with two attached hydrogens (primary N) is 1. The van der Waals surface area contributed by atoms with Gasteiger partial charge in [0.05, 0.1) is 0 Å². The molecule has 0 saturated heterocycles. The van der Waals surface area contributed by atoms with E-state index in [1.54, 1.807) is 6.07 Å². The summed E-state index contributed by atoms with van der Waals surface area (Å²) in [5.41, 5.74) is 8.23. The second-order valence-electron chi connectivity index (χ2n) is 7.38. The van der Waals surface area contributed by atoms with Crippen LogP contribution in [-0.2, 0) is 9.36 Å². The van der Waals surface area contributed by atoms with E-state index in [9.17, 15) is 5.11 Å². The van der Waals surface area contributed by atoms with Gasteiger partial charge in [-0.2, -0.15) is 7.82 Å². The highest BCUT2D eigenvalue weighted by atomic mass is 31.2. The zero-order valence-electron chi connectivity index (χ0n) is 18.4. The van der Waals surface area contributed by atoms with E-state index in [1.807, 2.05) is 24.3 Å². The fraction of sp³-hybridized carbons (Fsp3) is 0. The molecule has 1 amide bonds. The molecule has 0 aliphatic rings. The van der Waals surface area contributed by atoms with Gasteiger partial charge in [0.2, 0.25) is 6.41 Å². The third kappa shape index (κ3) is 6.76. The van der Waals surface area contributed by atoms with Gasteiger partial charge >= 0.3 is 0 Å². The number of benzene rings is 5. The molecule has 0 unspecified atom stereocenters. The Morgan fingerprint density at radius 2 is 1.17 bits per heavy atom. The lowest BCUT2D eigenvalue weighted by Gasteiger charge is -2.36. The van der Waals surface area contributed by atoms with Crippen molar-refractivity contribution in [1.29, 1.82) is 0 Å². The maximum Gasteiger partial charge on any atom is 0.204 e. The van der Waals surface area contributed by atoms with Gasteiger partial charge in [-0.15, -0.1) is 0 Å². The van der Waals surface area contributed by atoms with Crippen molar-refractivity contribution < 1.29 is 29.1 Å². The summed E-state index contributed by atoms with van der Waals surface area (Å²) in [5, 5.41) is 15.5. The van der Waals surface area contributed by atoms with E-state index < -0.39 is 7.82 Å². The summed E-state index contributed by atoms with van der Waals surface area (Å²) in [5.74, 6) is 0.303. The third-order valence-corrected chi connectivity index (χ3v) is 5.14. The van der Waals surface area contributed by atoms with Crippen molar-refractivity contribution in [1.82, 2.24) is 0 Å². The SMILES string of the molecule is NC=O.O=P([O-])([O-])[O-].Oc1cccc(-c2ccccc2)c1-c1cccc2cc3ccccc3cc12. The molecule has 5 aromatic rings. The molecule has 0 spiro atoms. The number of hydrogen-bond acceptors (Lipinski definition) is 6. The molecule has 35 heavy (non-hydrogen) atoms. The summed E-state index contributed by atoms with van der Waals surface area (Å²) >= 11 is 0. The molecule has 0 heterocycles. The summed E-state index contributed by atoms with van der Waals surface area (Å²) in [4.78, 5) is 34.2. The van der Waals surface area contributed by atoms with E-state index in [-0.39, 0.29) is 6.41 Å². The standard InChI is InChI=1S/C26H18O.CH3NO.H3O4P/c27-25-15-7-13-22(18-8-2-1-3-9-18)26(25)23-14-6-12-21-16-19-10-4-5-11-20(19)17-24(21)23;2-1-3;1-5(2,3)4/h1-17,27H;1H,(H2,2,3);(H3,1,2,3,4)/p-3. The lowest BCUT2D eigenvalue weighted by atomic mass is 9.90. The van der Waals surface area contributed by atoms with E-state index in [1.165, 1.54) is 16.2 Å². The molecule has 0 aliphatic carbocycles. The smallest absolute Gasteiger partial charge is 0.204 e. The van der Waals surface area contributed by atoms with Crippen LogP contribution in [0.25, 0.3) is 43.8 Å². The highest BCUT2D eigenvalue weighted by Gasteiger charge is 2.14. The number of primary amides is 1. The molecule has 0 radical (unpaired) electrons. The van der Waals surface area contributed by atoms with Gasteiger partial charge in [0.1, 0.15) is 5.75 Å². The Morgan fingerprint density at radius 3 is 1.80 bits per heavy atom. The predicted molar refractivity (Wildman–Crippen MR) is 132 cm³/mol. The molecular formula is C27H21NO6P-3. The molecule has 0 fully saturated rings. The van der Waals surface area contributed by atoms with Gasteiger partial charge in [-0.1, -0.05) is 84.9 Å². The van der Waals surface area contributed by atoms with Crippen molar-refractivity contribution in [2.75, 3.05) is 0 Å². The van der Waals surface area contributed by atoms with Crippen LogP contribution in [0.1, 0.15) is 0 Å². The Morgan fingerprint density at radius 1 is 0.686 bits per heavy atom. The number of phenolic OH excluding ortho intramolecular Hbond substituents is 1. The topological polar surface area (TPSA) is 150 Å². The summed E-state index contributed by atoms with van der Waals surface area (Å²) in [7, 11) is -5.39. The molecule has 0 bridgehead atoms. The van der Waals surface area contributed by atoms with Crippen molar-refractivity contribution in [3.8, 4) is 28.0 Å². The van der Waals surface area contributed by atoms with Crippen LogP contribution in [0.5, 0.6) is 5.75 Å². The molecule has 0 aromatic heterocycles. The lowest BCUT2D eigenvalue weighted by molar-refractivity contribution is -0.432. The number of carbonyl (C=O) groups is 1. The van der Waals surface area contributed by atoms with E-state index in [0.29, 0.717) is 5.75 Å². The zero-order chi connectivity index (χ0) is 25.4. The zero-order valence-corrected chi connectivity index (χ0v) is 19.3. The first-order valence-electron chi connectivity index (χ1n) is 10.4. The number of hydrogen-bond donors (Lipinski definition) is 2. The van der Waals surface area contributed by atoms with Gasteiger partial charge in [-0.3, -0.25) is 4.79 Å². The summed E-state index contributed by atoms with van der Waals surface area (Å²) in [6.07, 6.45) is 0.250. The quantitative estimate of drug-likeness (QED) is 0.222. The highest BCUT2D eigenvalue weighted by Crippen LogP contribution is 2.42. The largest absolute Gasteiger partial charge is 0.822 e. The average molecular weight is 486 g/mol. The molecule has 5 rings (SSSR count). The number of aromatic hydroxyl groups is 1. The van der Waals surface area contributed by atoms with E-state index in [0.717, 1.165) is 27.6 Å². The molecule has 178 valence electrons. The van der Waals surface area contributed by atoms with Crippen molar-refractivity contribution in [3.05, 3.63) is 103 Å². The molecule has 5 aromatic carbocycles. The number of fused-ring (bicyclic) bond motifs is 2. The Balaban J connectivity index is 0.000000377. The van der Waals surface area contributed by atoms with E-state index in [2.05, 4.69) is 78.5 Å². The molecule has 0 aliphatic heterocycles. The fourth-order valence-corrected chi connectivity index (χ4v) is 3.87. The minimum Gasteiger partial charge on any atom is -0.822 e. The number of carbonyl (C=O) groups excluding carboxylic acids is 1. The highest BCUT2D eigenvalue weighted by molar-refractivity contribution is 7.40. The maximum absolute atomic E-state index is 10.8. The first kappa shape index (κ1) is 25.6. The van der Waals surface area contributed by atoms with Crippen molar-refractivity contribution in [2.24, 2.45) is 5.73 Å². The van der Waals surface area contributed by atoms with Crippen LogP contribution in [0.15, 0.2) is 103 Å². The van der Waals surface area contributed by atoms with Gasteiger partial charge in [-0.05, 0) is 56.4 Å². The van der Waals surface area contributed by atoms with Gasteiger partial charge in [-0.25, -0.2) is 0 Å². The lowest BCUT2D eigenvalue weighted by Crippen LogP contribution is -2.24. The van der Waals surface area contributed by atoms with Crippen LogP contribution in [0.4, 0.5) is 0 Å².